The first-order valence-electron chi connectivity index (χ1n) is 8.79. The largest absolute Gasteiger partial charge is 0.307 e. The smallest absolute Gasteiger partial charge is 0.238 e. The number of nitrogens with zero attached hydrogens (tertiary/aromatic N) is 1. The van der Waals surface area contributed by atoms with Crippen LogP contribution in [0.4, 0.5) is 5.69 Å². The molecule has 2 aromatic carbocycles. The Balaban J connectivity index is 2.03. The van der Waals surface area contributed by atoms with Crippen molar-refractivity contribution in [1.29, 1.82) is 0 Å². The average molecular weight is 319 g/mol. The van der Waals surface area contributed by atoms with Gasteiger partial charge in [0, 0.05) is 5.69 Å². The number of fused-ring (bicyclic) bond motifs is 1. The van der Waals surface area contributed by atoms with Crippen LogP contribution in [0.2, 0.25) is 0 Å². The van der Waals surface area contributed by atoms with Crippen molar-refractivity contribution >= 4 is 11.6 Å². The first-order valence-corrected chi connectivity index (χ1v) is 8.79. The number of carbonyl (C=O) groups excluding carboxylic acids is 1. The molecule has 1 aliphatic heterocycles. The highest BCUT2D eigenvalue weighted by atomic mass is 16.2. The lowest BCUT2D eigenvalue weighted by Crippen LogP contribution is -2.39. The van der Waals surface area contributed by atoms with Gasteiger partial charge >= 0.3 is 0 Å². The van der Waals surface area contributed by atoms with E-state index in [9.17, 15) is 4.79 Å². The quantitative estimate of drug-likeness (QED) is 0.639. The van der Waals surface area contributed by atoms with E-state index >= 15 is 0 Å². The summed E-state index contributed by atoms with van der Waals surface area (Å²) in [6.45, 7) is 6.72. The summed E-state index contributed by atoms with van der Waals surface area (Å²) in [5.41, 5.74) is 2.94. The van der Waals surface area contributed by atoms with Gasteiger partial charge in [-0.3, -0.25) is 4.79 Å². The Morgan fingerprint density at radius 2 is 1.79 bits per heavy atom. The fraction of sp³-hybridized carbons (Fsp3) is 0.318. The number of hydrogen-bond donors (Lipinski definition) is 0. The molecule has 1 heterocycles. The average Bonchev–Trinajstić information content (AvgIpc) is 2.84. The molecule has 0 spiro atoms. The van der Waals surface area contributed by atoms with Crippen LogP contribution in [0.15, 0.2) is 67.3 Å². The van der Waals surface area contributed by atoms with Crippen molar-refractivity contribution in [2.75, 3.05) is 4.90 Å². The predicted molar refractivity (Wildman–Crippen MR) is 100 cm³/mol. The highest BCUT2D eigenvalue weighted by Gasteiger charge is 2.49. The molecule has 0 radical (unpaired) electrons. The number of benzene rings is 2. The minimum atomic E-state index is -0.441. The molecule has 3 rings (SSSR count). The van der Waals surface area contributed by atoms with E-state index in [0.29, 0.717) is 13.0 Å². The van der Waals surface area contributed by atoms with Crippen LogP contribution in [0.1, 0.15) is 43.7 Å². The number of anilines is 1. The molecule has 0 saturated heterocycles. The van der Waals surface area contributed by atoms with Crippen LogP contribution in [-0.4, -0.2) is 5.91 Å². The maximum absolute atomic E-state index is 13.5. The molecule has 0 saturated carbocycles. The van der Waals surface area contributed by atoms with Gasteiger partial charge in [0.05, 0.1) is 12.0 Å². The third-order valence-corrected chi connectivity index (χ3v) is 5.00. The summed E-state index contributed by atoms with van der Waals surface area (Å²) in [6.07, 6.45) is 5.63. The number of allylic oxidation sites excluding steroid dienone is 1. The zero-order valence-corrected chi connectivity index (χ0v) is 14.4. The lowest BCUT2D eigenvalue weighted by molar-refractivity contribution is -0.123. The number of hydrogen-bond acceptors (Lipinski definition) is 1. The molecule has 1 aliphatic rings. The van der Waals surface area contributed by atoms with Gasteiger partial charge in [0.15, 0.2) is 0 Å². The first-order chi connectivity index (χ1) is 11.7. The van der Waals surface area contributed by atoms with E-state index in [1.54, 1.807) is 0 Å². The summed E-state index contributed by atoms with van der Waals surface area (Å²) in [5, 5.41) is 0. The molecule has 0 aromatic heterocycles. The minimum Gasteiger partial charge on any atom is -0.307 e. The Kier molecular flexibility index (Phi) is 4.84. The molecule has 0 aliphatic carbocycles. The summed E-state index contributed by atoms with van der Waals surface area (Å²) in [5.74, 6) is 0.223. The summed E-state index contributed by atoms with van der Waals surface area (Å²) >= 11 is 0. The topological polar surface area (TPSA) is 20.3 Å². The molecule has 0 bridgehead atoms. The molecule has 0 unspecified atom stereocenters. The van der Waals surface area contributed by atoms with Gasteiger partial charge in [-0.1, -0.05) is 74.4 Å². The van der Waals surface area contributed by atoms with Gasteiger partial charge in [-0.05, 0) is 30.0 Å². The van der Waals surface area contributed by atoms with Crippen molar-refractivity contribution in [2.24, 2.45) is 0 Å². The molecule has 0 N–H and O–H groups in total. The van der Waals surface area contributed by atoms with Gasteiger partial charge < -0.3 is 4.90 Å². The fourth-order valence-corrected chi connectivity index (χ4v) is 3.79. The van der Waals surface area contributed by atoms with E-state index in [1.807, 2.05) is 41.3 Å². The molecule has 1 atom stereocenters. The lowest BCUT2D eigenvalue weighted by Gasteiger charge is -2.28. The zero-order chi connectivity index (χ0) is 17.0. The second-order valence-corrected chi connectivity index (χ2v) is 6.57. The summed E-state index contributed by atoms with van der Waals surface area (Å²) < 4.78 is 0. The maximum atomic E-state index is 13.5. The van der Waals surface area contributed by atoms with Crippen molar-refractivity contribution in [3.8, 4) is 0 Å². The fourth-order valence-electron chi connectivity index (χ4n) is 3.79. The number of unbranched alkanes of at least 4 members (excludes halogenated alkanes) is 1. The Hall–Kier alpha value is -2.35. The Morgan fingerprint density at radius 1 is 1.08 bits per heavy atom. The van der Waals surface area contributed by atoms with Gasteiger partial charge in [-0.15, -0.1) is 6.58 Å². The number of rotatable bonds is 7. The summed E-state index contributed by atoms with van der Waals surface area (Å²) in [4.78, 5) is 15.4. The molecule has 24 heavy (non-hydrogen) atoms. The van der Waals surface area contributed by atoms with Crippen LogP contribution in [0.25, 0.3) is 0 Å². The second-order valence-electron chi connectivity index (χ2n) is 6.57. The van der Waals surface area contributed by atoms with E-state index < -0.39 is 5.41 Å². The third-order valence-electron chi connectivity index (χ3n) is 5.00. The predicted octanol–water partition coefficient (Wildman–Crippen LogP) is 5.24. The zero-order valence-electron chi connectivity index (χ0n) is 14.4. The number of carbonyl (C=O) groups is 1. The molecule has 124 valence electrons. The standard InChI is InChI=1S/C22H25NO/c1-3-5-16-22(15-4-2)19-13-9-10-14-20(19)23(21(22)24)17-18-11-7-6-8-12-18/h4,6-14H,2-3,5,15-17H2,1H3/t22-/m1/s1. The van der Waals surface area contributed by atoms with Gasteiger partial charge in [-0.25, -0.2) is 0 Å². The van der Waals surface area contributed by atoms with Gasteiger partial charge in [0.1, 0.15) is 0 Å². The van der Waals surface area contributed by atoms with Crippen LogP contribution in [0, 0.1) is 0 Å². The third kappa shape index (κ3) is 2.77. The molecule has 2 nitrogen and oxygen atoms in total. The van der Waals surface area contributed by atoms with E-state index in [2.05, 4.69) is 37.8 Å². The SMILES string of the molecule is C=CC[C@]1(CCCC)C(=O)N(Cc2ccccc2)c2ccccc21. The van der Waals surface area contributed by atoms with Crippen LogP contribution < -0.4 is 4.90 Å². The van der Waals surface area contributed by atoms with Gasteiger partial charge in [-0.2, -0.15) is 0 Å². The summed E-state index contributed by atoms with van der Waals surface area (Å²) in [6, 6.07) is 18.5. The van der Waals surface area contributed by atoms with E-state index in [-0.39, 0.29) is 5.91 Å². The lowest BCUT2D eigenvalue weighted by atomic mass is 9.74. The minimum absolute atomic E-state index is 0.223. The Bertz CT molecular complexity index is 722. The highest BCUT2D eigenvalue weighted by Crippen LogP contribution is 2.47. The molecular weight excluding hydrogens is 294 g/mol. The molecule has 2 heteroatoms. The van der Waals surface area contributed by atoms with E-state index in [4.69, 9.17) is 0 Å². The van der Waals surface area contributed by atoms with Crippen molar-refractivity contribution in [3.63, 3.8) is 0 Å². The maximum Gasteiger partial charge on any atom is 0.238 e. The molecule has 1 amide bonds. The van der Waals surface area contributed by atoms with Crippen molar-refractivity contribution in [2.45, 2.75) is 44.6 Å². The molecule has 0 fully saturated rings. The Morgan fingerprint density at radius 3 is 2.50 bits per heavy atom. The van der Waals surface area contributed by atoms with Crippen LogP contribution in [0.5, 0.6) is 0 Å². The van der Waals surface area contributed by atoms with Crippen LogP contribution >= 0.6 is 0 Å². The van der Waals surface area contributed by atoms with Gasteiger partial charge in [0.25, 0.3) is 0 Å². The van der Waals surface area contributed by atoms with Crippen molar-refractivity contribution < 1.29 is 4.79 Å². The van der Waals surface area contributed by atoms with Crippen LogP contribution in [0.3, 0.4) is 0 Å². The number of para-hydroxylation sites is 1. The van der Waals surface area contributed by atoms with Crippen LogP contribution in [-0.2, 0) is 16.8 Å². The van der Waals surface area contributed by atoms with Crippen molar-refractivity contribution in [1.82, 2.24) is 0 Å². The molecule has 2 aromatic rings. The first kappa shape index (κ1) is 16.5. The second kappa shape index (κ2) is 7.04. The summed E-state index contributed by atoms with van der Waals surface area (Å²) in [7, 11) is 0. The highest BCUT2D eigenvalue weighted by molar-refractivity contribution is 6.08. The normalized spacial score (nSPS) is 19.4. The van der Waals surface area contributed by atoms with E-state index in [1.165, 1.54) is 5.56 Å². The van der Waals surface area contributed by atoms with Crippen molar-refractivity contribution in [3.05, 3.63) is 78.4 Å². The van der Waals surface area contributed by atoms with Gasteiger partial charge in [0.2, 0.25) is 5.91 Å². The van der Waals surface area contributed by atoms with E-state index in [0.717, 1.165) is 30.5 Å². The number of amides is 1. The monoisotopic (exact) mass is 319 g/mol. The Labute approximate surface area is 144 Å². The molecular formula is C22H25NO.